The molecular formula is C10H24N2. The first-order valence-corrected chi connectivity index (χ1v) is 5.21. The maximum atomic E-state index is 3.17. The summed E-state index contributed by atoms with van der Waals surface area (Å²) in [7, 11) is 4.04. The molecule has 2 heteroatoms. The molecule has 0 radical (unpaired) electrons. The third-order valence-electron chi connectivity index (χ3n) is 2.10. The predicted octanol–water partition coefficient (Wildman–Crippen LogP) is 1.77. The fourth-order valence-corrected chi connectivity index (χ4v) is 1.31. The lowest BCUT2D eigenvalue weighted by Crippen LogP contribution is -2.07. The number of hydrogen-bond donors (Lipinski definition) is 2. The van der Waals surface area contributed by atoms with Crippen molar-refractivity contribution < 1.29 is 0 Å². The largest absolute Gasteiger partial charge is 0.320 e. The minimum absolute atomic E-state index is 1.18. The zero-order valence-electron chi connectivity index (χ0n) is 8.66. The van der Waals surface area contributed by atoms with Gasteiger partial charge in [-0.1, -0.05) is 25.7 Å². The molecule has 2 nitrogen and oxygen atoms in total. The lowest BCUT2D eigenvalue weighted by Gasteiger charge is -2.01. The van der Waals surface area contributed by atoms with Crippen LogP contribution in [-0.2, 0) is 0 Å². The van der Waals surface area contributed by atoms with Gasteiger partial charge in [0.25, 0.3) is 0 Å². The molecule has 0 atom stereocenters. The summed E-state index contributed by atoms with van der Waals surface area (Å²) in [6, 6.07) is 0. The molecule has 0 aliphatic heterocycles. The minimum atomic E-state index is 1.18. The number of nitrogens with one attached hydrogen (secondary N) is 2. The number of unbranched alkanes of at least 4 members (excludes halogenated alkanes) is 5. The first kappa shape index (κ1) is 11.9. The lowest BCUT2D eigenvalue weighted by molar-refractivity contribution is 0.573. The van der Waals surface area contributed by atoms with Crippen LogP contribution in [0.1, 0.15) is 38.5 Å². The van der Waals surface area contributed by atoms with Crippen LogP contribution in [0.25, 0.3) is 0 Å². The van der Waals surface area contributed by atoms with Crippen LogP contribution in [0.4, 0.5) is 0 Å². The summed E-state index contributed by atoms with van der Waals surface area (Å²) in [6.07, 6.45) is 8.27. The highest BCUT2D eigenvalue weighted by Gasteiger charge is 1.89. The van der Waals surface area contributed by atoms with E-state index in [1.54, 1.807) is 0 Å². The SMILES string of the molecule is CNCCCCCCCCNC. The molecule has 0 bridgehead atoms. The second-order valence-corrected chi connectivity index (χ2v) is 3.33. The van der Waals surface area contributed by atoms with Crippen LogP contribution < -0.4 is 10.6 Å². The highest BCUT2D eigenvalue weighted by atomic mass is 14.8. The van der Waals surface area contributed by atoms with Gasteiger partial charge in [0, 0.05) is 0 Å². The number of hydrogen-bond acceptors (Lipinski definition) is 2. The summed E-state index contributed by atoms with van der Waals surface area (Å²) in [4.78, 5) is 0. The van der Waals surface area contributed by atoms with Crippen molar-refractivity contribution in [3.63, 3.8) is 0 Å². The molecule has 0 aromatic heterocycles. The van der Waals surface area contributed by atoms with E-state index in [0.29, 0.717) is 0 Å². The Morgan fingerprint density at radius 1 is 0.583 bits per heavy atom. The van der Waals surface area contributed by atoms with Gasteiger partial charge in [0.1, 0.15) is 0 Å². The van der Waals surface area contributed by atoms with Gasteiger partial charge in [-0.3, -0.25) is 0 Å². The van der Waals surface area contributed by atoms with E-state index in [-0.39, 0.29) is 0 Å². The van der Waals surface area contributed by atoms with Crippen LogP contribution >= 0.6 is 0 Å². The van der Waals surface area contributed by atoms with Gasteiger partial charge >= 0.3 is 0 Å². The topological polar surface area (TPSA) is 24.1 Å². The molecule has 0 amide bonds. The normalized spacial score (nSPS) is 10.5. The van der Waals surface area contributed by atoms with Crippen LogP contribution in [0.15, 0.2) is 0 Å². The fraction of sp³-hybridized carbons (Fsp3) is 1.00. The van der Waals surface area contributed by atoms with Crippen LogP contribution in [0.5, 0.6) is 0 Å². The maximum Gasteiger partial charge on any atom is -0.00519 e. The van der Waals surface area contributed by atoms with Gasteiger partial charge < -0.3 is 10.6 Å². The average Bonchev–Trinajstić information content (AvgIpc) is 2.10. The molecular weight excluding hydrogens is 148 g/mol. The van der Waals surface area contributed by atoms with Gasteiger partial charge in [-0.2, -0.15) is 0 Å². The van der Waals surface area contributed by atoms with Crippen molar-refractivity contribution in [3.05, 3.63) is 0 Å². The van der Waals surface area contributed by atoms with E-state index in [9.17, 15) is 0 Å². The summed E-state index contributed by atoms with van der Waals surface area (Å²) >= 11 is 0. The first-order chi connectivity index (χ1) is 5.91. The van der Waals surface area contributed by atoms with Gasteiger partial charge in [0.2, 0.25) is 0 Å². The Morgan fingerprint density at radius 3 is 1.25 bits per heavy atom. The van der Waals surface area contributed by atoms with E-state index >= 15 is 0 Å². The third-order valence-corrected chi connectivity index (χ3v) is 2.10. The van der Waals surface area contributed by atoms with Crippen molar-refractivity contribution in [3.8, 4) is 0 Å². The Kier molecular flexibility index (Phi) is 10.8. The zero-order chi connectivity index (χ0) is 9.07. The molecule has 0 heterocycles. The van der Waals surface area contributed by atoms with Crippen LogP contribution in [0.2, 0.25) is 0 Å². The van der Waals surface area contributed by atoms with E-state index in [1.165, 1.54) is 51.6 Å². The predicted molar refractivity (Wildman–Crippen MR) is 55.6 cm³/mol. The Bertz CT molecular complexity index is 64.2. The third kappa shape index (κ3) is 9.92. The number of rotatable bonds is 9. The molecule has 74 valence electrons. The van der Waals surface area contributed by atoms with Crippen molar-refractivity contribution in [1.29, 1.82) is 0 Å². The van der Waals surface area contributed by atoms with E-state index in [1.807, 2.05) is 14.1 Å². The average molecular weight is 172 g/mol. The smallest absolute Gasteiger partial charge is 0.00519 e. The molecule has 0 fully saturated rings. The van der Waals surface area contributed by atoms with E-state index < -0.39 is 0 Å². The Hall–Kier alpha value is -0.0800. The lowest BCUT2D eigenvalue weighted by atomic mass is 10.1. The molecule has 0 spiro atoms. The van der Waals surface area contributed by atoms with E-state index in [2.05, 4.69) is 10.6 Å². The van der Waals surface area contributed by atoms with E-state index in [4.69, 9.17) is 0 Å². The zero-order valence-corrected chi connectivity index (χ0v) is 8.66. The Morgan fingerprint density at radius 2 is 0.917 bits per heavy atom. The minimum Gasteiger partial charge on any atom is -0.320 e. The van der Waals surface area contributed by atoms with Crippen molar-refractivity contribution in [1.82, 2.24) is 10.6 Å². The van der Waals surface area contributed by atoms with E-state index in [0.717, 1.165) is 0 Å². The van der Waals surface area contributed by atoms with Gasteiger partial charge in [-0.25, -0.2) is 0 Å². The molecule has 0 unspecified atom stereocenters. The summed E-state index contributed by atoms with van der Waals surface area (Å²) in [6.45, 7) is 2.35. The summed E-state index contributed by atoms with van der Waals surface area (Å²) in [5.41, 5.74) is 0. The molecule has 0 saturated carbocycles. The van der Waals surface area contributed by atoms with Crippen molar-refractivity contribution in [2.45, 2.75) is 38.5 Å². The van der Waals surface area contributed by atoms with Gasteiger partial charge in [-0.15, -0.1) is 0 Å². The monoisotopic (exact) mass is 172 g/mol. The van der Waals surface area contributed by atoms with Crippen molar-refractivity contribution in [2.24, 2.45) is 0 Å². The molecule has 2 N–H and O–H groups in total. The van der Waals surface area contributed by atoms with Crippen LogP contribution in [0.3, 0.4) is 0 Å². The van der Waals surface area contributed by atoms with Crippen molar-refractivity contribution in [2.75, 3.05) is 27.2 Å². The fourth-order valence-electron chi connectivity index (χ4n) is 1.31. The first-order valence-electron chi connectivity index (χ1n) is 5.21. The van der Waals surface area contributed by atoms with Crippen LogP contribution in [0, 0.1) is 0 Å². The highest BCUT2D eigenvalue weighted by Crippen LogP contribution is 2.03. The Labute approximate surface area is 77.1 Å². The second kappa shape index (κ2) is 10.9. The standard InChI is InChI=1S/C10H24N2/c1-11-9-7-5-3-4-6-8-10-12-2/h11-12H,3-10H2,1-2H3. The Balaban J connectivity index is 2.73. The van der Waals surface area contributed by atoms with Gasteiger partial charge in [-0.05, 0) is 40.0 Å². The molecule has 0 aromatic carbocycles. The summed E-state index contributed by atoms with van der Waals surface area (Å²) < 4.78 is 0. The quantitative estimate of drug-likeness (QED) is 0.518. The highest BCUT2D eigenvalue weighted by molar-refractivity contribution is 4.47. The second-order valence-electron chi connectivity index (χ2n) is 3.33. The van der Waals surface area contributed by atoms with Gasteiger partial charge in [0.15, 0.2) is 0 Å². The molecule has 0 aliphatic rings. The molecule has 0 rings (SSSR count). The molecule has 0 aliphatic carbocycles. The van der Waals surface area contributed by atoms with Crippen LogP contribution in [-0.4, -0.2) is 27.2 Å². The summed E-state index contributed by atoms with van der Waals surface area (Å²) in [5.74, 6) is 0. The van der Waals surface area contributed by atoms with Gasteiger partial charge in [0.05, 0.1) is 0 Å². The summed E-state index contributed by atoms with van der Waals surface area (Å²) in [5, 5.41) is 6.34. The molecule has 0 aromatic rings. The molecule has 12 heavy (non-hydrogen) atoms. The maximum absolute atomic E-state index is 3.17. The van der Waals surface area contributed by atoms with Crippen molar-refractivity contribution >= 4 is 0 Å². The molecule has 0 saturated heterocycles.